The van der Waals surface area contributed by atoms with Gasteiger partial charge in [0.05, 0.1) is 0 Å². The topological polar surface area (TPSA) is 75.3 Å². The number of nitrogens with one attached hydrogen (secondary N) is 1. The van der Waals surface area contributed by atoms with Crippen molar-refractivity contribution in [1.82, 2.24) is 0 Å². The summed E-state index contributed by atoms with van der Waals surface area (Å²) < 4.78 is 0. The smallest absolute Gasteiger partial charge is 0.258 e. The predicted molar refractivity (Wildman–Crippen MR) is 74.6 cm³/mol. The minimum atomic E-state index is -1.81. The highest BCUT2D eigenvalue weighted by Crippen LogP contribution is 2.30. The van der Waals surface area contributed by atoms with E-state index in [0.29, 0.717) is 11.1 Å². The largest absolute Gasteiger partial charge is 0.388 e. The van der Waals surface area contributed by atoms with Crippen LogP contribution in [0.4, 0.5) is 5.69 Å². The minimum absolute atomic E-state index is 0.449. The zero-order chi connectivity index (χ0) is 13.9. The van der Waals surface area contributed by atoms with Crippen LogP contribution in [0.2, 0.25) is 0 Å². The summed E-state index contributed by atoms with van der Waals surface area (Å²) >= 11 is 0. The molecule has 0 spiro atoms. The maximum Gasteiger partial charge on any atom is 0.258 e. The monoisotopic (exact) mass is 256 g/mol. The average molecular weight is 256 g/mol. The van der Waals surface area contributed by atoms with Gasteiger partial charge in [-0.05, 0) is 23.3 Å². The van der Waals surface area contributed by atoms with Crippen LogP contribution < -0.4 is 11.1 Å². The van der Waals surface area contributed by atoms with Crippen LogP contribution >= 0.6 is 0 Å². The third kappa shape index (κ3) is 2.30. The van der Waals surface area contributed by atoms with Crippen molar-refractivity contribution in [3.05, 3.63) is 65.7 Å². The number of carbonyl (C=O) groups excluding carboxylic acids is 1. The molecule has 0 aliphatic heterocycles. The highest BCUT2D eigenvalue weighted by molar-refractivity contribution is 5.88. The normalized spacial score (nSPS) is 13.6. The molecule has 19 heavy (non-hydrogen) atoms. The van der Waals surface area contributed by atoms with Crippen LogP contribution in [0, 0.1) is 0 Å². The molecular formula is C15H16N2O2. The molecule has 2 rings (SSSR count). The maximum absolute atomic E-state index is 11.7. The second-order valence-electron chi connectivity index (χ2n) is 4.27. The van der Waals surface area contributed by atoms with Gasteiger partial charge in [0.1, 0.15) is 0 Å². The van der Waals surface area contributed by atoms with E-state index in [0.717, 1.165) is 5.69 Å². The van der Waals surface area contributed by atoms with Gasteiger partial charge in [0.15, 0.2) is 5.60 Å². The fourth-order valence-electron chi connectivity index (χ4n) is 2.01. The molecule has 0 bridgehead atoms. The summed E-state index contributed by atoms with van der Waals surface area (Å²) in [5, 5.41) is 13.7. The minimum Gasteiger partial charge on any atom is -0.388 e. The van der Waals surface area contributed by atoms with E-state index in [1.54, 1.807) is 55.6 Å². The summed E-state index contributed by atoms with van der Waals surface area (Å²) in [5.74, 6) is -0.795. The highest BCUT2D eigenvalue weighted by Gasteiger charge is 2.37. The Kier molecular flexibility index (Phi) is 3.53. The van der Waals surface area contributed by atoms with Crippen molar-refractivity contribution in [1.29, 1.82) is 0 Å². The molecule has 4 N–H and O–H groups in total. The number of hydrogen-bond acceptors (Lipinski definition) is 3. The summed E-state index contributed by atoms with van der Waals surface area (Å²) in [4.78, 5) is 11.7. The summed E-state index contributed by atoms with van der Waals surface area (Å²) in [6, 6.07) is 15.6. The molecule has 0 aliphatic carbocycles. The first-order valence-corrected chi connectivity index (χ1v) is 5.95. The van der Waals surface area contributed by atoms with Crippen LogP contribution in [0.5, 0.6) is 0 Å². The summed E-state index contributed by atoms with van der Waals surface area (Å²) in [6.45, 7) is 0. The van der Waals surface area contributed by atoms with Crippen molar-refractivity contribution in [3.8, 4) is 0 Å². The van der Waals surface area contributed by atoms with Crippen molar-refractivity contribution in [2.45, 2.75) is 5.60 Å². The average Bonchev–Trinajstić information content (AvgIpc) is 2.47. The summed E-state index contributed by atoms with van der Waals surface area (Å²) in [6.07, 6.45) is 0. The highest BCUT2D eigenvalue weighted by atomic mass is 16.3. The second kappa shape index (κ2) is 5.12. The van der Waals surface area contributed by atoms with Gasteiger partial charge in [-0.3, -0.25) is 4.79 Å². The van der Waals surface area contributed by atoms with Gasteiger partial charge in [-0.1, -0.05) is 42.5 Å². The van der Waals surface area contributed by atoms with E-state index in [1.165, 1.54) is 0 Å². The lowest BCUT2D eigenvalue weighted by Gasteiger charge is -2.25. The number of amides is 1. The Balaban J connectivity index is 2.53. The molecule has 2 aromatic carbocycles. The fraction of sp³-hybridized carbons (Fsp3) is 0.133. The number of rotatable bonds is 4. The lowest BCUT2D eigenvalue weighted by molar-refractivity contribution is -0.133. The van der Waals surface area contributed by atoms with E-state index in [-0.39, 0.29) is 0 Å². The third-order valence-electron chi connectivity index (χ3n) is 3.14. The predicted octanol–water partition coefficient (Wildman–Crippen LogP) is 1.45. The molecule has 4 nitrogen and oxygen atoms in total. The molecule has 0 fully saturated rings. The number of hydrogen-bond donors (Lipinski definition) is 3. The number of primary amides is 1. The molecular weight excluding hydrogens is 240 g/mol. The van der Waals surface area contributed by atoms with Crippen molar-refractivity contribution >= 4 is 11.6 Å². The number of carbonyl (C=O) groups is 1. The first-order valence-electron chi connectivity index (χ1n) is 5.95. The molecule has 0 saturated heterocycles. The first kappa shape index (κ1) is 13.1. The van der Waals surface area contributed by atoms with Crippen LogP contribution in [0.3, 0.4) is 0 Å². The Bertz CT molecular complexity index is 566. The van der Waals surface area contributed by atoms with Gasteiger partial charge in [0.25, 0.3) is 5.91 Å². The van der Waals surface area contributed by atoms with Crippen LogP contribution in [-0.2, 0) is 10.4 Å². The van der Waals surface area contributed by atoms with Crippen molar-refractivity contribution < 1.29 is 9.90 Å². The van der Waals surface area contributed by atoms with Gasteiger partial charge < -0.3 is 16.2 Å². The van der Waals surface area contributed by atoms with E-state index in [4.69, 9.17) is 5.73 Å². The SMILES string of the molecule is CNc1ccc(C(O)(C(N)=O)c2ccccc2)cc1. The number of anilines is 1. The quantitative estimate of drug-likeness (QED) is 0.775. The number of benzene rings is 2. The Hall–Kier alpha value is -2.33. The van der Waals surface area contributed by atoms with E-state index >= 15 is 0 Å². The van der Waals surface area contributed by atoms with Crippen LogP contribution in [-0.4, -0.2) is 18.1 Å². The lowest BCUT2D eigenvalue weighted by Crippen LogP contribution is -2.42. The van der Waals surface area contributed by atoms with Crippen LogP contribution in [0.1, 0.15) is 11.1 Å². The van der Waals surface area contributed by atoms with Gasteiger partial charge in [-0.2, -0.15) is 0 Å². The van der Waals surface area contributed by atoms with Crippen molar-refractivity contribution in [3.63, 3.8) is 0 Å². The molecule has 98 valence electrons. The third-order valence-corrected chi connectivity index (χ3v) is 3.14. The van der Waals surface area contributed by atoms with Crippen LogP contribution in [0.15, 0.2) is 54.6 Å². The molecule has 0 aliphatic rings. The molecule has 2 aromatic rings. The number of nitrogens with two attached hydrogens (primary N) is 1. The summed E-state index contributed by atoms with van der Waals surface area (Å²) in [7, 11) is 1.80. The zero-order valence-corrected chi connectivity index (χ0v) is 10.6. The van der Waals surface area contributed by atoms with Gasteiger partial charge in [0, 0.05) is 12.7 Å². The van der Waals surface area contributed by atoms with E-state index in [9.17, 15) is 9.90 Å². The summed E-state index contributed by atoms with van der Waals surface area (Å²) in [5.41, 5.74) is 5.39. The van der Waals surface area contributed by atoms with Gasteiger partial charge >= 0.3 is 0 Å². The van der Waals surface area contributed by atoms with Gasteiger partial charge in [-0.15, -0.1) is 0 Å². The number of aliphatic hydroxyl groups is 1. The molecule has 0 saturated carbocycles. The zero-order valence-electron chi connectivity index (χ0n) is 10.6. The molecule has 0 radical (unpaired) electrons. The molecule has 0 heterocycles. The molecule has 4 heteroatoms. The second-order valence-corrected chi connectivity index (χ2v) is 4.27. The standard InChI is InChI=1S/C15H16N2O2/c1-17-13-9-7-12(8-10-13)15(19,14(16)18)11-5-3-2-4-6-11/h2-10,17,19H,1H3,(H2,16,18). The Morgan fingerprint density at radius 2 is 1.58 bits per heavy atom. The van der Waals surface area contributed by atoms with Crippen LogP contribution in [0.25, 0.3) is 0 Å². The lowest BCUT2D eigenvalue weighted by atomic mass is 9.85. The van der Waals surface area contributed by atoms with Crippen molar-refractivity contribution in [2.24, 2.45) is 5.73 Å². The van der Waals surface area contributed by atoms with Gasteiger partial charge in [0.2, 0.25) is 0 Å². The molecule has 1 atom stereocenters. The van der Waals surface area contributed by atoms with Crippen molar-refractivity contribution in [2.75, 3.05) is 12.4 Å². The Morgan fingerprint density at radius 1 is 1.05 bits per heavy atom. The molecule has 1 amide bonds. The Labute approximate surface area is 111 Å². The molecule has 0 aromatic heterocycles. The van der Waals surface area contributed by atoms with Gasteiger partial charge in [-0.25, -0.2) is 0 Å². The maximum atomic E-state index is 11.7. The van der Waals surface area contributed by atoms with E-state index < -0.39 is 11.5 Å². The molecule has 1 unspecified atom stereocenters. The Morgan fingerprint density at radius 3 is 2.05 bits per heavy atom. The van der Waals surface area contributed by atoms with E-state index in [1.807, 2.05) is 6.07 Å². The van der Waals surface area contributed by atoms with E-state index in [2.05, 4.69) is 5.32 Å². The first-order chi connectivity index (χ1) is 9.09. The fourth-order valence-corrected chi connectivity index (χ4v) is 2.01.